The molecule has 1 atom stereocenters. The fourth-order valence-corrected chi connectivity index (χ4v) is 1.71. The van der Waals surface area contributed by atoms with Gasteiger partial charge in [0.05, 0.1) is 18.8 Å². The first-order valence-corrected chi connectivity index (χ1v) is 6.62. The highest BCUT2D eigenvalue weighted by Crippen LogP contribution is 2.20. The van der Waals surface area contributed by atoms with E-state index < -0.39 is 11.6 Å². The molecule has 0 radical (unpaired) electrons. The van der Waals surface area contributed by atoms with Gasteiger partial charge in [-0.15, -0.1) is 0 Å². The zero-order valence-corrected chi connectivity index (χ0v) is 12.1. The monoisotopic (exact) mass is 269 g/mol. The third kappa shape index (κ3) is 5.68. The van der Waals surface area contributed by atoms with Crippen molar-refractivity contribution in [2.45, 2.75) is 45.4 Å². The minimum atomic E-state index is -0.574. The van der Waals surface area contributed by atoms with E-state index in [0.29, 0.717) is 13.2 Å². The molecule has 2 N–H and O–H groups in total. The van der Waals surface area contributed by atoms with Crippen molar-refractivity contribution in [1.82, 2.24) is 5.32 Å². The fourth-order valence-electron chi connectivity index (χ4n) is 1.71. The van der Waals surface area contributed by atoms with Crippen molar-refractivity contribution in [1.29, 1.82) is 0 Å². The molecule has 0 spiro atoms. The van der Waals surface area contributed by atoms with Crippen LogP contribution >= 0.6 is 0 Å². The van der Waals surface area contributed by atoms with Crippen LogP contribution in [0, 0.1) is 5.82 Å². The van der Waals surface area contributed by atoms with E-state index in [0.717, 1.165) is 5.56 Å². The number of aliphatic hydroxyl groups is 1. The van der Waals surface area contributed by atoms with Gasteiger partial charge in [0, 0.05) is 12.1 Å². The topological polar surface area (TPSA) is 41.5 Å². The third-order valence-corrected chi connectivity index (χ3v) is 2.95. The van der Waals surface area contributed by atoms with Crippen molar-refractivity contribution in [2.24, 2.45) is 0 Å². The first-order chi connectivity index (χ1) is 8.81. The second-order valence-corrected chi connectivity index (χ2v) is 5.55. The average molecular weight is 269 g/mol. The predicted molar refractivity (Wildman–Crippen MR) is 74.5 cm³/mol. The SMILES string of the molecule is CC(C)OCC(O)CNC(C)(C)c1cccc(F)c1. The Labute approximate surface area is 114 Å². The number of hydrogen-bond acceptors (Lipinski definition) is 3. The highest BCUT2D eigenvalue weighted by atomic mass is 19.1. The summed E-state index contributed by atoms with van der Waals surface area (Å²) in [6.07, 6.45) is -0.471. The number of halogens is 1. The normalized spacial score (nSPS) is 13.8. The van der Waals surface area contributed by atoms with Crippen molar-refractivity contribution in [3.63, 3.8) is 0 Å². The molecular weight excluding hydrogens is 245 g/mol. The molecule has 0 bridgehead atoms. The van der Waals surface area contributed by atoms with Crippen LogP contribution in [0.5, 0.6) is 0 Å². The summed E-state index contributed by atoms with van der Waals surface area (Å²) < 4.78 is 18.6. The smallest absolute Gasteiger partial charge is 0.123 e. The predicted octanol–water partition coefficient (Wildman–Crippen LogP) is 2.44. The number of aliphatic hydroxyl groups excluding tert-OH is 1. The largest absolute Gasteiger partial charge is 0.389 e. The molecule has 0 saturated heterocycles. The van der Waals surface area contributed by atoms with E-state index in [9.17, 15) is 9.50 Å². The van der Waals surface area contributed by atoms with Crippen LogP contribution in [-0.2, 0) is 10.3 Å². The van der Waals surface area contributed by atoms with Gasteiger partial charge in [-0.2, -0.15) is 0 Å². The van der Waals surface area contributed by atoms with Crippen molar-refractivity contribution in [3.8, 4) is 0 Å². The van der Waals surface area contributed by atoms with Gasteiger partial charge < -0.3 is 15.2 Å². The first kappa shape index (κ1) is 16.1. The van der Waals surface area contributed by atoms with Gasteiger partial charge in [-0.1, -0.05) is 12.1 Å². The second-order valence-electron chi connectivity index (χ2n) is 5.55. The molecule has 4 heteroatoms. The van der Waals surface area contributed by atoms with Gasteiger partial charge >= 0.3 is 0 Å². The molecule has 1 aromatic carbocycles. The summed E-state index contributed by atoms with van der Waals surface area (Å²) in [4.78, 5) is 0. The van der Waals surface area contributed by atoms with Crippen LogP contribution in [-0.4, -0.2) is 30.5 Å². The Morgan fingerprint density at radius 1 is 1.37 bits per heavy atom. The van der Waals surface area contributed by atoms with E-state index in [2.05, 4.69) is 5.32 Å². The van der Waals surface area contributed by atoms with E-state index in [-0.39, 0.29) is 11.9 Å². The molecule has 0 aliphatic rings. The van der Waals surface area contributed by atoms with Gasteiger partial charge in [0.25, 0.3) is 0 Å². The number of nitrogens with one attached hydrogen (secondary N) is 1. The number of hydrogen-bond donors (Lipinski definition) is 2. The molecule has 0 saturated carbocycles. The van der Waals surface area contributed by atoms with Crippen LogP contribution in [0.3, 0.4) is 0 Å². The molecule has 0 amide bonds. The summed E-state index contributed by atoms with van der Waals surface area (Å²) in [5.74, 6) is -0.254. The number of ether oxygens (including phenoxy) is 1. The molecular formula is C15H24FNO2. The minimum absolute atomic E-state index is 0.103. The molecule has 3 nitrogen and oxygen atoms in total. The van der Waals surface area contributed by atoms with Crippen molar-refractivity contribution >= 4 is 0 Å². The zero-order chi connectivity index (χ0) is 14.5. The van der Waals surface area contributed by atoms with Crippen molar-refractivity contribution < 1.29 is 14.2 Å². The Morgan fingerprint density at radius 3 is 2.63 bits per heavy atom. The maximum Gasteiger partial charge on any atom is 0.123 e. The van der Waals surface area contributed by atoms with E-state index in [1.54, 1.807) is 6.07 Å². The summed E-state index contributed by atoms with van der Waals surface area (Å²) in [6, 6.07) is 6.48. The fraction of sp³-hybridized carbons (Fsp3) is 0.600. The maximum absolute atomic E-state index is 13.2. The highest BCUT2D eigenvalue weighted by Gasteiger charge is 2.21. The van der Waals surface area contributed by atoms with E-state index in [4.69, 9.17) is 4.74 Å². The van der Waals surface area contributed by atoms with E-state index in [1.165, 1.54) is 12.1 Å². The molecule has 1 aromatic rings. The quantitative estimate of drug-likeness (QED) is 0.799. The van der Waals surface area contributed by atoms with Gasteiger partial charge in [-0.3, -0.25) is 0 Å². The van der Waals surface area contributed by atoms with Crippen molar-refractivity contribution in [2.75, 3.05) is 13.2 Å². The Morgan fingerprint density at radius 2 is 2.05 bits per heavy atom. The minimum Gasteiger partial charge on any atom is -0.389 e. The van der Waals surface area contributed by atoms with Gasteiger partial charge in [0.2, 0.25) is 0 Å². The zero-order valence-electron chi connectivity index (χ0n) is 12.1. The van der Waals surface area contributed by atoms with Gasteiger partial charge in [-0.05, 0) is 45.4 Å². The molecule has 1 unspecified atom stereocenters. The summed E-state index contributed by atoms with van der Waals surface area (Å²) >= 11 is 0. The Balaban J connectivity index is 2.51. The van der Waals surface area contributed by atoms with Gasteiger partial charge in [0.1, 0.15) is 5.82 Å². The lowest BCUT2D eigenvalue weighted by atomic mass is 9.94. The van der Waals surface area contributed by atoms with Crippen LogP contribution < -0.4 is 5.32 Å². The Hall–Kier alpha value is -0.970. The molecule has 0 fully saturated rings. The summed E-state index contributed by atoms with van der Waals surface area (Å²) in [6.45, 7) is 8.46. The number of benzene rings is 1. The maximum atomic E-state index is 13.2. The van der Waals surface area contributed by atoms with Crippen LogP contribution in [0.15, 0.2) is 24.3 Å². The number of rotatable bonds is 7. The lowest BCUT2D eigenvalue weighted by Gasteiger charge is -2.28. The highest BCUT2D eigenvalue weighted by molar-refractivity contribution is 5.23. The lowest BCUT2D eigenvalue weighted by molar-refractivity contribution is 0.00394. The van der Waals surface area contributed by atoms with Crippen LogP contribution in [0.4, 0.5) is 4.39 Å². The standard InChI is InChI=1S/C15H24FNO2/c1-11(2)19-10-14(18)9-17-15(3,4)12-6-5-7-13(16)8-12/h5-8,11,14,17-18H,9-10H2,1-4H3. The van der Waals surface area contributed by atoms with Gasteiger partial charge in [0.15, 0.2) is 0 Å². The molecule has 108 valence electrons. The summed E-state index contributed by atoms with van der Waals surface area (Å²) in [7, 11) is 0. The molecule has 0 aromatic heterocycles. The first-order valence-electron chi connectivity index (χ1n) is 6.62. The van der Waals surface area contributed by atoms with E-state index >= 15 is 0 Å². The van der Waals surface area contributed by atoms with Crippen LogP contribution in [0.1, 0.15) is 33.3 Å². The van der Waals surface area contributed by atoms with Crippen LogP contribution in [0.25, 0.3) is 0 Å². The molecule has 0 heterocycles. The van der Waals surface area contributed by atoms with E-state index in [1.807, 2.05) is 33.8 Å². The molecule has 0 aliphatic carbocycles. The third-order valence-electron chi connectivity index (χ3n) is 2.95. The Kier molecular flexibility index (Phi) is 5.91. The van der Waals surface area contributed by atoms with Crippen LogP contribution in [0.2, 0.25) is 0 Å². The summed E-state index contributed by atoms with van der Waals surface area (Å²) in [5, 5.41) is 13.0. The second kappa shape index (κ2) is 6.98. The molecule has 19 heavy (non-hydrogen) atoms. The summed E-state index contributed by atoms with van der Waals surface area (Å²) in [5.41, 5.74) is 0.449. The van der Waals surface area contributed by atoms with Gasteiger partial charge in [-0.25, -0.2) is 4.39 Å². The molecule has 1 rings (SSSR count). The molecule has 0 aliphatic heterocycles. The van der Waals surface area contributed by atoms with Crippen molar-refractivity contribution in [3.05, 3.63) is 35.6 Å². The Bertz CT molecular complexity index is 393. The lowest BCUT2D eigenvalue weighted by Crippen LogP contribution is -2.42. The average Bonchev–Trinajstić information content (AvgIpc) is 2.34.